The fourth-order valence-corrected chi connectivity index (χ4v) is 4.07. The molecule has 0 aliphatic heterocycles. The smallest absolute Gasteiger partial charge is 0.251 e. The second kappa shape index (κ2) is 10.4. The summed E-state index contributed by atoms with van der Waals surface area (Å²) in [6.07, 6.45) is 0. The minimum atomic E-state index is -3.52. The normalized spacial score (nSPS) is 12.3. The Morgan fingerprint density at radius 1 is 1.04 bits per heavy atom. The average molecular weight is 412 g/mol. The van der Waals surface area contributed by atoms with Crippen LogP contribution in [-0.4, -0.2) is 38.3 Å². The van der Waals surface area contributed by atoms with Crippen LogP contribution in [0.2, 0.25) is 0 Å². The molecule has 0 aromatic heterocycles. The summed E-state index contributed by atoms with van der Waals surface area (Å²) in [5, 5.41) is 2.78. The lowest BCUT2D eigenvalue weighted by Gasteiger charge is -2.18. The van der Waals surface area contributed by atoms with E-state index in [0.29, 0.717) is 25.2 Å². The topological polar surface area (TPSA) is 92.5 Å². The van der Waals surface area contributed by atoms with Gasteiger partial charge in [0.2, 0.25) is 10.0 Å². The molecule has 0 saturated heterocycles. The number of amides is 1. The third-order valence-electron chi connectivity index (χ3n) is 4.17. The van der Waals surface area contributed by atoms with Crippen LogP contribution >= 0.6 is 12.4 Å². The Balaban J connectivity index is 0.00000364. The predicted molar refractivity (Wildman–Crippen MR) is 110 cm³/mol. The summed E-state index contributed by atoms with van der Waals surface area (Å²) in [6, 6.07) is 15.1. The molecule has 1 unspecified atom stereocenters. The zero-order valence-electron chi connectivity index (χ0n) is 15.5. The van der Waals surface area contributed by atoms with Crippen molar-refractivity contribution >= 4 is 28.3 Å². The van der Waals surface area contributed by atoms with Crippen molar-refractivity contribution in [1.29, 1.82) is 0 Å². The van der Waals surface area contributed by atoms with Crippen LogP contribution in [-0.2, 0) is 10.0 Å². The van der Waals surface area contributed by atoms with Crippen molar-refractivity contribution < 1.29 is 13.2 Å². The van der Waals surface area contributed by atoms with E-state index in [9.17, 15) is 13.2 Å². The Morgan fingerprint density at radius 2 is 1.59 bits per heavy atom. The molecule has 1 atom stereocenters. The molecule has 0 saturated carbocycles. The first-order chi connectivity index (χ1) is 12.4. The van der Waals surface area contributed by atoms with Crippen LogP contribution < -0.4 is 11.1 Å². The maximum atomic E-state index is 12.5. The van der Waals surface area contributed by atoms with Crippen LogP contribution in [0.3, 0.4) is 0 Å². The van der Waals surface area contributed by atoms with Crippen molar-refractivity contribution in [3.05, 3.63) is 65.7 Å². The summed E-state index contributed by atoms with van der Waals surface area (Å²) in [6.45, 7) is 4.68. The van der Waals surface area contributed by atoms with Gasteiger partial charge in [-0.15, -0.1) is 12.4 Å². The Labute approximate surface area is 167 Å². The van der Waals surface area contributed by atoms with Gasteiger partial charge in [-0.1, -0.05) is 44.2 Å². The minimum absolute atomic E-state index is 0. The van der Waals surface area contributed by atoms with Crippen LogP contribution in [0.15, 0.2) is 59.5 Å². The molecule has 0 fully saturated rings. The van der Waals surface area contributed by atoms with Gasteiger partial charge in [-0.2, -0.15) is 4.31 Å². The number of nitrogens with one attached hydrogen (secondary N) is 1. The largest absolute Gasteiger partial charge is 0.350 e. The van der Waals surface area contributed by atoms with Crippen molar-refractivity contribution in [3.8, 4) is 0 Å². The molecule has 8 heteroatoms. The number of halogens is 1. The van der Waals surface area contributed by atoms with Gasteiger partial charge in [-0.3, -0.25) is 4.79 Å². The van der Waals surface area contributed by atoms with Gasteiger partial charge in [0, 0.05) is 31.2 Å². The molecule has 148 valence electrons. The quantitative estimate of drug-likeness (QED) is 0.698. The van der Waals surface area contributed by atoms with E-state index in [1.165, 1.54) is 28.6 Å². The highest BCUT2D eigenvalue weighted by molar-refractivity contribution is 7.89. The van der Waals surface area contributed by atoms with Crippen LogP contribution in [0.4, 0.5) is 0 Å². The summed E-state index contributed by atoms with van der Waals surface area (Å²) in [4.78, 5) is 12.4. The van der Waals surface area contributed by atoms with E-state index in [0.717, 1.165) is 5.56 Å². The molecule has 0 spiro atoms. The summed E-state index contributed by atoms with van der Waals surface area (Å²) in [5.41, 5.74) is 7.40. The number of benzene rings is 2. The Morgan fingerprint density at radius 3 is 2.11 bits per heavy atom. The lowest BCUT2D eigenvalue weighted by molar-refractivity contribution is 0.0951. The number of nitrogens with zero attached hydrogens (tertiary/aromatic N) is 1. The highest BCUT2D eigenvalue weighted by atomic mass is 35.5. The lowest BCUT2D eigenvalue weighted by Crippen LogP contribution is -2.32. The van der Waals surface area contributed by atoms with Gasteiger partial charge < -0.3 is 11.1 Å². The zero-order chi connectivity index (χ0) is 19.2. The lowest BCUT2D eigenvalue weighted by atomic mass is 10.1. The molecule has 0 heterocycles. The van der Waals surface area contributed by atoms with E-state index >= 15 is 0 Å². The van der Waals surface area contributed by atoms with Crippen LogP contribution in [0, 0.1) is 0 Å². The third-order valence-corrected chi connectivity index (χ3v) is 6.23. The molecule has 0 aliphatic rings. The summed E-state index contributed by atoms with van der Waals surface area (Å²) in [7, 11) is -3.52. The minimum Gasteiger partial charge on any atom is -0.350 e. The standard InChI is InChI=1S/C19H25N3O3S.ClH/c1-3-22(4-2)26(24,25)17-12-10-16(11-13-17)19(23)21-14-18(20)15-8-6-5-7-9-15;/h5-13,18H,3-4,14,20H2,1-2H3,(H,21,23);1H. The van der Waals surface area contributed by atoms with Gasteiger partial charge >= 0.3 is 0 Å². The number of sulfonamides is 1. The highest BCUT2D eigenvalue weighted by Gasteiger charge is 2.21. The van der Waals surface area contributed by atoms with E-state index < -0.39 is 10.0 Å². The molecular weight excluding hydrogens is 386 g/mol. The SMILES string of the molecule is CCN(CC)S(=O)(=O)c1ccc(C(=O)NCC(N)c2ccccc2)cc1.Cl. The van der Waals surface area contributed by atoms with Gasteiger partial charge in [-0.25, -0.2) is 8.42 Å². The first kappa shape index (κ1) is 23.1. The second-order valence-electron chi connectivity index (χ2n) is 5.84. The number of carbonyl (C=O) groups excluding carboxylic acids is 1. The molecular formula is C19H26ClN3O3S. The molecule has 1 amide bonds. The molecule has 0 bridgehead atoms. The molecule has 2 aromatic carbocycles. The zero-order valence-corrected chi connectivity index (χ0v) is 17.1. The molecule has 2 aromatic rings. The van der Waals surface area contributed by atoms with Crippen molar-refractivity contribution in [2.45, 2.75) is 24.8 Å². The van der Waals surface area contributed by atoms with Gasteiger partial charge in [-0.05, 0) is 29.8 Å². The van der Waals surface area contributed by atoms with Crippen molar-refractivity contribution in [2.75, 3.05) is 19.6 Å². The maximum Gasteiger partial charge on any atom is 0.251 e. The van der Waals surface area contributed by atoms with E-state index in [1.807, 2.05) is 30.3 Å². The molecule has 6 nitrogen and oxygen atoms in total. The van der Waals surface area contributed by atoms with Crippen LogP contribution in [0.5, 0.6) is 0 Å². The first-order valence-corrected chi connectivity index (χ1v) is 10.0. The van der Waals surface area contributed by atoms with E-state index in [1.54, 1.807) is 13.8 Å². The van der Waals surface area contributed by atoms with Crippen LogP contribution in [0.25, 0.3) is 0 Å². The van der Waals surface area contributed by atoms with Crippen molar-refractivity contribution in [3.63, 3.8) is 0 Å². The Hall–Kier alpha value is -1.93. The van der Waals surface area contributed by atoms with E-state index in [4.69, 9.17) is 5.73 Å². The number of nitrogens with two attached hydrogens (primary N) is 1. The molecule has 2 rings (SSSR count). The van der Waals surface area contributed by atoms with Gasteiger partial charge in [0.1, 0.15) is 0 Å². The number of hydrogen-bond donors (Lipinski definition) is 2. The summed E-state index contributed by atoms with van der Waals surface area (Å²) < 4.78 is 26.3. The molecule has 3 N–H and O–H groups in total. The summed E-state index contributed by atoms with van der Waals surface area (Å²) in [5.74, 6) is -0.289. The highest BCUT2D eigenvalue weighted by Crippen LogP contribution is 2.16. The first-order valence-electron chi connectivity index (χ1n) is 8.59. The third kappa shape index (κ3) is 5.77. The van der Waals surface area contributed by atoms with E-state index in [-0.39, 0.29) is 29.3 Å². The van der Waals surface area contributed by atoms with Gasteiger partial charge in [0.05, 0.1) is 4.90 Å². The number of carbonyl (C=O) groups is 1. The fraction of sp³-hybridized carbons (Fsp3) is 0.316. The molecule has 0 aliphatic carbocycles. The maximum absolute atomic E-state index is 12.5. The summed E-state index contributed by atoms with van der Waals surface area (Å²) >= 11 is 0. The Kier molecular flexibility index (Phi) is 8.92. The average Bonchev–Trinajstić information content (AvgIpc) is 2.67. The van der Waals surface area contributed by atoms with Gasteiger partial charge in [0.25, 0.3) is 5.91 Å². The van der Waals surface area contributed by atoms with Gasteiger partial charge in [0.15, 0.2) is 0 Å². The van der Waals surface area contributed by atoms with Crippen molar-refractivity contribution in [1.82, 2.24) is 9.62 Å². The van der Waals surface area contributed by atoms with Crippen LogP contribution in [0.1, 0.15) is 35.8 Å². The second-order valence-corrected chi connectivity index (χ2v) is 7.78. The molecule has 0 radical (unpaired) electrons. The molecule has 27 heavy (non-hydrogen) atoms. The number of hydrogen-bond acceptors (Lipinski definition) is 4. The fourth-order valence-electron chi connectivity index (χ4n) is 2.61. The van der Waals surface area contributed by atoms with Crippen molar-refractivity contribution in [2.24, 2.45) is 5.73 Å². The number of rotatable bonds is 8. The van der Waals surface area contributed by atoms with E-state index in [2.05, 4.69) is 5.32 Å². The monoisotopic (exact) mass is 411 g/mol. The predicted octanol–water partition coefficient (Wildman–Crippen LogP) is 2.57. The Bertz CT molecular complexity index is 823.